The molecule has 0 bridgehead atoms. The molecule has 0 saturated heterocycles. The lowest BCUT2D eigenvalue weighted by Crippen LogP contribution is -2.14. The van der Waals surface area contributed by atoms with E-state index < -0.39 is 0 Å². The summed E-state index contributed by atoms with van der Waals surface area (Å²) < 4.78 is 16.1. The van der Waals surface area contributed by atoms with Crippen molar-refractivity contribution in [1.82, 2.24) is 9.97 Å². The molecule has 0 spiro atoms. The van der Waals surface area contributed by atoms with Crippen molar-refractivity contribution in [1.29, 1.82) is 0 Å². The molecule has 0 aliphatic rings. The van der Waals surface area contributed by atoms with Gasteiger partial charge in [0.1, 0.15) is 29.7 Å². The van der Waals surface area contributed by atoms with E-state index in [9.17, 15) is 0 Å². The highest BCUT2D eigenvalue weighted by atomic mass is 16.5. The first-order valence-electron chi connectivity index (χ1n) is 8.35. The summed E-state index contributed by atoms with van der Waals surface area (Å²) >= 11 is 0. The molecule has 136 valence electrons. The second-order valence-electron chi connectivity index (χ2n) is 5.60. The van der Waals surface area contributed by atoms with Crippen LogP contribution in [0.25, 0.3) is 0 Å². The first kappa shape index (κ1) is 17.6. The van der Waals surface area contributed by atoms with E-state index in [2.05, 4.69) is 20.6 Å². The average molecular weight is 354 g/mol. The quantitative estimate of drug-likeness (QED) is 0.569. The number of aromatic nitrogens is 2. The van der Waals surface area contributed by atoms with E-state index in [-0.39, 0.29) is 0 Å². The third-order valence-corrected chi connectivity index (χ3v) is 3.59. The summed E-state index contributed by atoms with van der Waals surface area (Å²) in [6.45, 7) is 3.59. The number of ether oxygens (including phenoxy) is 2. The largest absolute Gasteiger partial charge is 0.497 e. The Labute approximate surface area is 152 Å². The number of rotatable bonds is 9. The van der Waals surface area contributed by atoms with E-state index in [1.54, 1.807) is 13.4 Å². The molecule has 2 N–H and O–H groups in total. The van der Waals surface area contributed by atoms with E-state index in [0.717, 1.165) is 28.8 Å². The molecule has 0 unspecified atom stereocenters. The Hall–Kier alpha value is -3.22. The van der Waals surface area contributed by atoms with Crippen LogP contribution in [0.4, 0.5) is 11.8 Å². The minimum atomic E-state index is 0.499. The summed E-state index contributed by atoms with van der Waals surface area (Å²) in [5, 5.41) is 6.40. The van der Waals surface area contributed by atoms with E-state index in [1.807, 2.05) is 49.4 Å². The second kappa shape index (κ2) is 8.75. The summed E-state index contributed by atoms with van der Waals surface area (Å²) in [4.78, 5) is 8.84. The van der Waals surface area contributed by atoms with Gasteiger partial charge in [-0.1, -0.05) is 0 Å². The first-order chi connectivity index (χ1) is 12.7. The number of methoxy groups -OCH3 is 1. The zero-order valence-electron chi connectivity index (χ0n) is 14.9. The number of nitrogens with one attached hydrogen (secondary N) is 2. The maximum absolute atomic E-state index is 5.68. The summed E-state index contributed by atoms with van der Waals surface area (Å²) in [7, 11) is 1.64. The van der Waals surface area contributed by atoms with Crippen LogP contribution in [-0.2, 0) is 6.54 Å². The van der Waals surface area contributed by atoms with Crippen molar-refractivity contribution >= 4 is 11.8 Å². The van der Waals surface area contributed by atoms with Gasteiger partial charge in [-0.3, -0.25) is 0 Å². The maximum Gasteiger partial charge on any atom is 0.224 e. The molecule has 7 heteroatoms. The molecule has 0 radical (unpaired) electrons. The summed E-state index contributed by atoms with van der Waals surface area (Å²) in [5.41, 5.74) is 0.875. The van der Waals surface area contributed by atoms with Crippen molar-refractivity contribution in [3.05, 3.63) is 60.2 Å². The lowest BCUT2D eigenvalue weighted by Gasteiger charge is -2.10. The molecule has 0 saturated carbocycles. The number of furan rings is 1. The highest BCUT2D eigenvalue weighted by molar-refractivity contribution is 5.42. The van der Waals surface area contributed by atoms with Crippen LogP contribution in [0.1, 0.15) is 11.5 Å². The Morgan fingerprint density at radius 2 is 1.85 bits per heavy atom. The standard InChI is InChI=1S/C19H22N4O3/c1-14-12-18(21-13-17-4-3-10-25-17)23-19(22-14)20-9-11-26-16-7-5-15(24-2)6-8-16/h3-8,10,12H,9,11,13H2,1-2H3,(H2,20,21,22,23). The summed E-state index contributed by atoms with van der Waals surface area (Å²) in [6.07, 6.45) is 1.65. The minimum absolute atomic E-state index is 0.499. The van der Waals surface area contributed by atoms with Crippen LogP contribution in [0.3, 0.4) is 0 Å². The number of hydrogen-bond donors (Lipinski definition) is 2. The molecule has 0 atom stereocenters. The Morgan fingerprint density at radius 3 is 2.58 bits per heavy atom. The van der Waals surface area contributed by atoms with Gasteiger partial charge in [-0.25, -0.2) is 4.98 Å². The Kier molecular flexibility index (Phi) is 5.92. The highest BCUT2D eigenvalue weighted by Gasteiger charge is 2.03. The van der Waals surface area contributed by atoms with Gasteiger partial charge in [0.05, 0.1) is 26.5 Å². The Bertz CT molecular complexity index is 804. The molecule has 2 heterocycles. The Morgan fingerprint density at radius 1 is 1.04 bits per heavy atom. The lowest BCUT2D eigenvalue weighted by atomic mass is 10.3. The molecule has 0 fully saturated rings. The van der Waals surface area contributed by atoms with Gasteiger partial charge in [-0.15, -0.1) is 0 Å². The van der Waals surface area contributed by atoms with Crippen LogP contribution < -0.4 is 20.1 Å². The van der Waals surface area contributed by atoms with Crippen molar-refractivity contribution in [2.75, 3.05) is 30.9 Å². The van der Waals surface area contributed by atoms with Crippen LogP contribution in [0.5, 0.6) is 11.5 Å². The van der Waals surface area contributed by atoms with Crippen LogP contribution in [0.2, 0.25) is 0 Å². The average Bonchev–Trinajstić information content (AvgIpc) is 3.17. The minimum Gasteiger partial charge on any atom is -0.497 e. The van der Waals surface area contributed by atoms with Gasteiger partial charge in [0, 0.05) is 11.8 Å². The fourth-order valence-electron chi connectivity index (χ4n) is 2.33. The van der Waals surface area contributed by atoms with Crippen molar-refractivity contribution < 1.29 is 13.9 Å². The Balaban J connectivity index is 1.47. The predicted molar refractivity (Wildman–Crippen MR) is 99.8 cm³/mol. The molecule has 2 aromatic heterocycles. The third-order valence-electron chi connectivity index (χ3n) is 3.59. The lowest BCUT2D eigenvalue weighted by molar-refractivity contribution is 0.331. The smallest absolute Gasteiger partial charge is 0.224 e. The SMILES string of the molecule is COc1ccc(OCCNc2nc(C)cc(NCc3ccco3)n2)cc1. The molecule has 3 rings (SSSR count). The molecular weight excluding hydrogens is 332 g/mol. The van der Waals surface area contributed by atoms with Crippen LogP contribution >= 0.6 is 0 Å². The first-order valence-corrected chi connectivity index (χ1v) is 8.35. The van der Waals surface area contributed by atoms with Crippen molar-refractivity contribution in [2.45, 2.75) is 13.5 Å². The highest BCUT2D eigenvalue weighted by Crippen LogP contribution is 2.17. The zero-order valence-corrected chi connectivity index (χ0v) is 14.9. The topological polar surface area (TPSA) is 81.4 Å². The fraction of sp³-hybridized carbons (Fsp3) is 0.263. The zero-order chi connectivity index (χ0) is 18.2. The summed E-state index contributed by atoms with van der Waals surface area (Å²) in [5.74, 6) is 3.75. The molecular formula is C19H22N4O3. The molecule has 1 aromatic carbocycles. The van der Waals surface area contributed by atoms with Crippen molar-refractivity contribution in [3.63, 3.8) is 0 Å². The third kappa shape index (κ3) is 5.14. The fourth-order valence-corrected chi connectivity index (χ4v) is 2.33. The maximum atomic E-state index is 5.68. The summed E-state index contributed by atoms with van der Waals surface area (Å²) in [6, 6.07) is 13.1. The molecule has 0 amide bonds. The normalized spacial score (nSPS) is 10.4. The molecule has 26 heavy (non-hydrogen) atoms. The second-order valence-corrected chi connectivity index (χ2v) is 5.60. The van der Waals surface area contributed by atoms with Gasteiger partial charge < -0.3 is 24.5 Å². The van der Waals surface area contributed by atoms with Gasteiger partial charge in [0.25, 0.3) is 0 Å². The van der Waals surface area contributed by atoms with Gasteiger partial charge >= 0.3 is 0 Å². The van der Waals surface area contributed by atoms with E-state index in [0.29, 0.717) is 25.6 Å². The van der Waals surface area contributed by atoms with Gasteiger partial charge in [-0.05, 0) is 43.3 Å². The van der Waals surface area contributed by atoms with Crippen LogP contribution in [0, 0.1) is 6.92 Å². The number of benzene rings is 1. The van der Waals surface area contributed by atoms with Crippen LogP contribution in [-0.4, -0.2) is 30.2 Å². The number of nitrogens with zero attached hydrogens (tertiary/aromatic N) is 2. The number of anilines is 2. The monoisotopic (exact) mass is 354 g/mol. The molecule has 0 aliphatic carbocycles. The van der Waals surface area contributed by atoms with Crippen molar-refractivity contribution in [3.8, 4) is 11.5 Å². The molecule has 7 nitrogen and oxygen atoms in total. The van der Waals surface area contributed by atoms with Gasteiger partial charge in [0.15, 0.2) is 0 Å². The number of hydrogen-bond acceptors (Lipinski definition) is 7. The van der Waals surface area contributed by atoms with E-state index in [1.165, 1.54) is 0 Å². The number of aryl methyl sites for hydroxylation is 1. The predicted octanol–water partition coefficient (Wildman–Crippen LogP) is 3.49. The van der Waals surface area contributed by atoms with E-state index in [4.69, 9.17) is 13.9 Å². The van der Waals surface area contributed by atoms with Crippen LogP contribution in [0.15, 0.2) is 53.1 Å². The molecule has 0 aliphatic heterocycles. The van der Waals surface area contributed by atoms with Gasteiger partial charge in [0.2, 0.25) is 5.95 Å². The van der Waals surface area contributed by atoms with E-state index >= 15 is 0 Å². The van der Waals surface area contributed by atoms with Gasteiger partial charge in [-0.2, -0.15) is 4.98 Å². The molecule has 3 aromatic rings. The van der Waals surface area contributed by atoms with Crippen molar-refractivity contribution in [2.24, 2.45) is 0 Å².